The van der Waals surface area contributed by atoms with Gasteiger partial charge in [0.15, 0.2) is 0 Å². The molecule has 2 rings (SSSR count). The van der Waals surface area contributed by atoms with Crippen molar-refractivity contribution in [3.8, 4) is 11.3 Å². The minimum atomic E-state index is 0.0875. The molecule has 1 aromatic heterocycles. The van der Waals surface area contributed by atoms with Crippen LogP contribution < -0.4 is 5.32 Å². The molecule has 0 spiro atoms. The molecule has 1 aromatic carbocycles. The Morgan fingerprint density at radius 3 is 2.55 bits per heavy atom. The SMILES string of the molecule is CNc1nc(CC(C)OC)nc(-c2ccccc2)c1Br. The number of methoxy groups -OCH3 is 1. The van der Waals surface area contributed by atoms with Gasteiger partial charge in [0.1, 0.15) is 11.6 Å². The van der Waals surface area contributed by atoms with Crippen LogP contribution in [0.5, 0.6) is 0 Å². The second kappa shape index (κ2) is 6.81. The van der Waals surface area contributed by atoms with Gasteiger partial charge in [-0.2, -0.15) is 0 Å². The van der Waals surface area contributed by atoms with Gasteiger partial charge in [0.2, 0.25) is 0 Å². The summed E-state index contributed by atoms with van der Waals surface area (Å²) in [5.74, 6) is 1.56. The van der Waals surface area contributed by atoms with Gasteiger partial charge < -0.3 is 10.1 Å². The van der Waals surface area contributed by atoms with Gasteiger partial charge in [0, 0.05) is 26.1 Å². The van der Waals surface area contributed by atoms with Crippen molar-refractivity contribution in [2.45, 2.75) is 19.4 Å². The van der Waals surface area contributed by atoms with Crippen molar-refractivity contribution in [2.75, 3.05) is 19.5 Å². The zero-order valence-electron chi connectivity index (χ0n) is 11.9. The fraction of sp³-hybridized carbons (Fsp3) is 0.333. The minimum absolute atomic E-state index is 0.0875. The minimum Gasteiger partial charge on any atom is -0.381 e. The molecule has 0 radical (unpaired) electrons. The summed E-state index contributed by atoms with van der Waals surface area (Å²) in [6, 6.07) is 10.1. The van der Waals surface area contributed by atoms with E-state index in [0.29, 0.717) is 6.42 Å². The summed E-state index contributed by atoms with van der Waals surface area (Å²) < 4.78 is 6.17. The number of nitrogens with zero attached hydrogens (tertiary/aromatic N) is 2. The van der Waals surface area contributed by atoms with E-state index in [1.807, 2.05) is 44.3 Å². The number of benzene rings is 1. The summed E-state index contributed by atoms with van der Waals surface area (Å²) in [5, 5.41) is 3.10. The number of ether oxygens (including phenoxy) is 1. The molecule has 0 aliphatic carbocycles. The fourth-order valence-electron chi connectivity index (χ4n) is 1.88. The van der Waals surface area contributed by atoms with Crippen molar-refractivity contribution in [1.82, 2.24) is 9.97 Å². The first-order valence-corrected chi connectivity index (χ1v) is 7.27. The number of hydrogen-bond acceptors (Lipinski definition) is 4. The molecule has 1 N–H and O–H groups in total. The summed E-state index contributed by atoms with van der Waals surface area (Å²) in [6.45, 7) is 2.01. The van der Waals surface area contributed by atoms with E-state index in [2.05, 4.69) is 31.2 Å². The van der Waals surface area contributed by atoms with Crippen LogP contribution >= 0.6 is 15.9 Å². The third kappa shape index (κ3) is 3.35. The normalized spacial score (nSPS) is 12.2. The van der Waals surface area contributed by atoms with Gasteiger partial charge in [-0.1, -0.05) is 30.3 Å². The van der Waals surface area contributed by atoms with E-state index in [-0.39, 0.29) is 6.10 Å². The van der Waals surface area contributed by atoms with Crippen molar-refractivity contribution in [1.29, 1.82) is 0 Å². The number of rotatable bonds is 5. The maximum absolute atomic E-state index is 5.29. The van der Waals surface area contributed by atoms with Crippen LogP contribution in [0.25, 0.3) is 11.3 Å². The highest BCUT2D eigenvalue weighted by molar-refractivity contribution is 9.10. The Hall–Kier alpha value is -1.46. The maximum Gasteiger partial charge on any atom is 0.144 e. The number of anilines is 1. The lowest BCUT2D eigenvalue weighted by atomic mass is 10.1. The van der Waals surface area contributed by atoms with Gasteiger partial charge in [-0.25, -0.2) is 9.97 Å². The molecule has 20 heavy (non-hydrogen) atoms. The number of aromatic nitrogens is 2. The third-order valence-electron chi connectivity index (χ3n) is 3.05. The van der Waals surface area contributed by atoms with Crippen molar-refractivity contribution < 1.29 is 4.74 Å². The molecule has 4 nitrogen and oxygen atoms in total. The largest absolute Gasteiger partial charge is 0.381 e. The Morgan fingerprint density at radius 2 is 1.95 bits per heavy atom. The predicted octanol–water partition coefficient (Wildman–Crippen LogP) is 3.53. The number of nitrogens with one attached hydrogen (secondary N) is 1. The lowest BCUT2D eigenvalue weighted by Gasteiger charge is -2.13. The lowest BCUT2D eigenvalue weighted by Crippen LogP contribution is -2.13. The van der Waals surface area contributed by atoms with Gasteiger partial charge >= 0.3 is 0 Å². The monoisotopic (exact) mass is 335 g/mol. The first-order chi connectivity index (χ1) is 9.65. The molecule has 5 heteroatoms. The topological polar surface area (TPSA) is 47.0 Å². The Balaban J connectivity index is 2.47. The van der Waals surface area contributed by atoms with E-state index in [1.165, 1.54) is 0 Å². The molecule has 106 valence electrons. The third-order valence-corrected chi connectivity index (χ3v) is 3.81. The zero-order chi connectivity index (χ0) is 14.5. The molecular formula is C15H18BrN3O. The average Bonchev–Trinajstić information content (AvgIpc) is 2.49. The summed E-state index contributed by atoms with van der Waals surface area (Å²) in [7, 11) is 3.55. The first kappa shape index (κ1) is 14.9. The standard InChI is InChI=1S/C15H18BrN3O/c1-10(20-3)9-12-18-14(11-7-5-4-6-8-11)13(16)15(17-2)19-12/h4-8,10H,9H2,1-3H3,(H,17,18,19). The fourth-order valence-corrected chi connectivity index (χ4v) is 2.48. The Kier molecular flexibility index (Phi) is 5.09. The van der Waals surface area contributed by atoms with Crippen LogP contribution in [-0.4, -0.2) is 30.2 Å². The van der Waals surface area contributed by atoms with Gasteiger partial charge in [-0.15, -0.1) is 0 Å². The van der Waals surface area contributed by atoms with Crippen LogP contribution in [0.3, 0.4) is 0 Å². The van der Waals surface area contributed by atoms with Gasteiger partial charge in [0.05, 0.1) is 16.3 Å². The molecule has 0 saturated heterocycles. The van der Waals surface area contributed by atoms with E-state index in [0.717, 1.165) is 27.4 Å². The second-order valence-corrected chi connectivity index (χ2v) is 5.31. The smallest absolute Gasteiger partial charge is 0.144 e. The van der Waals surface area contributed by atoms with E-state index in [4.69, 9.17) is 4.74 Å². The van der Waals surface area contributed by atoms with E-state index in [9.17, 15) is 0 Å². The molecule has 0 saturated carbocycles. The van der Waals surface area contributed by atoms with Crippen LogP contribution in [0.1, 0.15) is 12.7 Å². The highest BCUT2D eigenvalue weighted by Gasteiger charge is 2.14. The molecule has 0 aliphatic rings. The quantitative estimate of drug-likeness (QED) is 0.907. The molecule has 0 fully saturated rings. The molecule has 0 amide bonds. The van der Waals surface area contributed by atoms with Crippen molar-refractivity contribution in [3.63, 3.8) is 0 Å². The summed E-state index contributed by atoms with van der Waals surface area (Å²) in [4.78, 5) is 9.18. The van der Waals surface area contributed by atoms with E-state index in [1.54, 1.807) is 7.11 Å². The summed E-state index contributed by atoms with van der Waals surface area (Å²) >= 11 is 3.58. The van der Waals surface area contributed by atoms with Gasteiger partial charge in [-0.3, -0.25) is 0 Å². The van der Waals surface area contributed by atoms with Crippen molar-refractivity contribution >= 4 is 21.7 Å². The molecule has 0 aliphatic heterocycles. The lowest BCUT2D eigenvalue weighted by molar-refractivity contribution is 0.117. The Bertz CT molecular complexity index is 575. The summed E-state index contributed by atoms with van der Waals surface area (Å²) in [6.07, 6.45) is 0.766. The maximum atomic E-state index is 5.29. The molecule has 1 atom stereocenters. The van der Waals surface area contributed by atoms with Crippen molar-refractivity contribution in [2.24, 2.45) is 0 Å². The van der Waals surface area contributed by atoms with Crippen LogP contribution in [0.2, 0.25) is 0 Å². The predicted molar refractivity (Wildman–Crippen MR) is 84.9 cm³/mol. The number of halogens is 1. The molecule has 1 unspecified atom stereocenters. The van der Waals surface area contributed by atoms with Crippen LogP contribution in [0, 0.1) is 0 Å². The molecule has 2 aromatic rings. The van der Waals surface area contributed by atoms with Crippen LogP contribution in [-0.2, 0) is 11.2 Å². The van der Waals surface area contributed by atoms with Gasteiger partial charge in [-0.05, 0) is 22.9 Å². The zero-order valence-corrected chi connectivity index (χ0v) is 13.4. The Morgan fingerprint density at radius 1 is 1.25 bits per heavy atom. The second-order valence-electron chi connectivity index (χ2n) is 4.52. The van der Waals surface area contributed by atoms with Crippen molar-refractivity contribution in [3.05, 3.63) is 40.6 Å². The highest BCUT2D eigenvalue weighted by atomic mass is 79.9. The molecule has 1 heterocycles. The Labute approximate surface area is 127 Å². The van der Waals surface area contributed by atoms with E-state index < -0.39 is 0 Å². The van der Waals surface area contributed by atoms with Crippen LogP contribution in [0.15, 0.2) is 34.8 Å². The number of hydrogen-bond donors (Lipinski definition) is 1. The highest BCUT2D eigenvalue weighted by Crippen LogP contribution is 2.31. The average molecular weight is 336 g/mol. The molecule has 0 bridgehead atoms. The first-order valence-electron chi connectivity index (χ1n) is 6.48. The molecular weight excluding hydrogens is 318 g/mol. The summed E-state index contributed by atoms with van der Waals surface area (Å²) in [5.41, 5.74) is 1.95. The van der Waals surface area contributed by atoms with Crippen LogP contribution in [0.4, 0.5) is 5.82 Å². The van der Waals surface area contributed by atoms with E-state index >= 15 is 0 Å². The van der Waals surface area contributed by atoms with Gasteiger partial charge in [0.25, 0.3) is 0 Å².